The van der Waals surface area contributed by atoms with Gasteiger partial charge in [-0.3, -0.25) is 0 Å². The van der Waals surface area contributed by atoms with Gasteiger partial charge in [0.1, 0.15) is 0 Å². The van der Waals surface area contributed by atoms with Crippen molar-refractivity contribution in [2.75, 3.05) is 6.54 Å². The van der Waals surface area contributed by atoms with Gasteiger partial charge in [0.2, 0.25) is 0 Å². The second-order valence-electron chi connectivity index (χ2n) is 5.31. The summed E-state index contributed by atoms with van der Waals surface area (Å²) in [6.07, 6.45) is 7.83. The third-order valence-electron chi connectivity index (χ3n) is 3.06. The number of hydrogen-bond donors (Lipinski definition) is 1. The molecule has 0 aliphatic carbocycles. The molecule has 98 valence electrons. The van der Waals surface area contributed by atoms with Gasteiger partial charge >= 0.3 is 0 Å². The molecule has 1 rings (SSSR count). The Morgan fingerprint density at radius 2 is 2.06 bits per heavy atom. The molecule has 1 aromatic heterocycles. The number of aromatic nitrogens is 2. The third-order valence-corrected chi connectivity index (χ3v) is 3.06. The molecule has 0 aliphatic heterocycles. The number of nitrogens with one attached hydrogen (secondary N) is 1. The molecule has 1 N–H and O–H groups in total. The zero-order chi connectivity index (χ0) is 12.7. The van der Waals surface area contributed by atoms with Crippen LogP contribution in [0.25, 0.3) is 0 Å². The van der Waals surface area contributed by atoms with Crippen molar-refractivity contribution in [3.63, 3.8) is 0 Å². The summed E-state index contributed by atoms with van der Waals surface area (Å²) in [6, 6.07) is 0.560. The van der Waals surface area contributed by atoms with Crippen molar-refractivity contribution in [2.45, 2.75) is 59.5 Å². The first-order valence-corrected chi connectivity index (χ1v) is 6.86. The van der Waals surface area contributed by atoms with Gasteiger partial charge in [-0.2, -0.15) is 0 Å². The van der Waals surface area contributed by atoms with Crippen LogP contribution in [-0.4, -0.2) is 16.1 Å². The first-order chi connectivity index (χ1) is 8.13. The van der Waals surface area contributed by atoms with E-state index in [1.807, 2.05) is 6.33 Å². The van der Waals surface area contributed by atoms with Crippen molar-refractivity contribution < 1.29 is 0 Å². The molecule has 1 atom stereocenters. The molecule has 3 nitrogen and oxygen atoms in total. The van der Waals surface area contributed by atoms with Crippen molar-refractivity contribution in [1.29, 1.82) is 0 Å². The van der Waals surface area contributed by atoms with E-state index in [9.17, 15) is 0 Å². The Bertz CT molecular complexity index is 304. The maximum Gasteiger partial charge on any atom is 0.0952 e. The summed E-state index contributed by atoms with van der Waals surface area (Å²) in [6.45, 7) is 11.0. The first-order valence-electron chi connectivity index (χ1n) is 6.86. The topological polar surface area (TPSA) is 29.9 Å². The quantitative estimate of drug-likeness (QED) is 0.702. The van der Waals surface area contributed by atoms with Gasteiger partial charge in [0.15, 0.2) is 0 Å². The molecule has 3 heteroatoms. The van der Waals surface area contributed by atoms with Crippen molar-refractivity contribution in [2.24, 2.45) is 5.92 Å². The van der Waals surface area contributed by atoms with Crippen LogP contribution in [-0.2, 0) is 6.54 Å². The van der Waals surface area contributed by atoms with Gasteiger partial charge in [0, 0.05) is 18.8 Å². The van der Waals surface area contributed by atoms with E-state index in [2.05, 4.69) is 48.8 Å². The summed E-state index contributed by atoms with van der Waals surface area (Å²) >= 11 is 0. The SMILES string of the molecule is CCCNCc1cn(C(C)CCC(C)C)cn1. The first kappa shape index (κ1) is 14.2. The molecular weight excluding hydrogens is 210 g/mol. The van der Waals surface area contributed by atoms with Crippen LogP contribution in [0.4, 0.5) is 0 Å². The van der Waals surface area contributed by atoms with E-state index in [-0.39, 0.29) is 0 Å². The van der Waals surface area contributed by atoms with Crippen molar-refractivity contribution in [3.8, 4) is 0 Å². The fraction of sp³-hybridized carbons (Fsp3) is 0.786. The van der Waals surface area contributed by atoms with E-state index < -0.39 is 0 Å². The summed E-state index contributed by atoms with van der Waals surface area (Å²) in [5.41, 5.74) is 1.15. The Balaban J connectivity index is 2.38. The number of imidazole rings is 1. The molecule has 1 heterocycles. The average Bonchev–Trinajstić information content (AvgIpc) is 2.75. The summed E-state index contributed by atoms with van der Waals surface area (Å²) in [4.78, 5) is 4.44. The Kier molecular flexibility index (Phi) is 6.27. The molecule has 0 saturated carbocycles. The molecule has 0 amide bonds. The third kappa shape index (κ3) is 5.35. The van der Waals surface area contributed by atoms with Crippen LogP contribution in [0.15, 0.2) is 12.5 Å². The smallest absolute Gasteiger partial charge is 0.0952 e. The van der Waals surface area contributed by atoms with E-state index in [1.54, 1.807) is 0 Å². The predicted octanol–water partition coefficient (Wildman–Crippen LogP) is 3.38. The lowest BCUT2D eigenvalue weighted by atomic mass is 10.0. The van der Waals surface area contributed by atoms with Gasteiger partial charge in [-0.1, -0.05) is 20.8 Å². The average molecular weight is 237 g/mol. The Labute approximate surface area is 106 Å². The van der Waals surface area contributed by atoms with Crippen molar-refractivity contribution >= 4 is 0 Å². The zero-order valence-corrected chi connectivity index (χ0v) is 11.7. The molecule has 0 bridgehead atoms. The highest BCUT2D eigenvalue weighted by Crippen LogP contribution is 2.16. The van der Waals surface area contributed by atoms with E-state index in [0.717, 1.165) is 24.7 Å². The minimum Gasteiger partial charge on any atom is -0.334 e. The monoisotopic (exact) mass is 237 g/mol. The Morgan fingerprint density at radius 1 is 1.29 bits per heavy atom. The highest BCUT2D eigenvalue weighted by atomic mass is 15.1. The van der Waals surface area contributed by atoms with Crippen LogP contribution in [0.2, 0.25) is 0 Å². The number of nitrogens with zero attached hydrogens (tertiary/aromatic N) is 2. The van der Waals surface area contributed by atoms with Gasteiger partial charge in [-0.15, -0.1) is 0 Å². The maximum atomic E-state index is 4.44. The Morgan fingerprint density at radius 3 is 2.71 bits per heavy atom. The van der Waals surface area contributed by atoms with Gasteiger partial charge in [0.05, 0.1) is 12.0 Å². The van der Waals surface area contributed by atoms with Crippen LogP contribution in [0, 0.1) is 5.92 Å². The highest BCUT2D eigenvalue weighted by Gasteiger charge is 2.07. The molecule has 17 heavy (non-hydrogen) atoms. The molecular formula is C14H27N3. The van der Waals surface area contributed by atoms with Gasteiger partial charge in [-0.25, -0.2) is 4.98 Å². The van der Waals surface area contributed by atoms with Crippen LogP contribution >= 0.6 is 0 Å². The molecule has 1 unspecified atom stereocenters. The minimum atomic E-state index is 0.560. The van der Waals surface area contributed by atoms with Crippen molar-refractivity contribution in [3.05, 3.63) is 18.2 Å². The Hall–Kier alpha value is -0.830. The largest absolute Gasteiger partial charge is 0.334 e. The molecule has 0 saturated heterocycles. The number of hydrogen-bond acceptors (Lipinski definition) is 2. The summed E-state index contributed by atoms with van der Waals surface area (Å²) < 4.78 is 2.24. The second-order valence-corrected chi connectivity index (χ2v) is 5.31. The van der Waals surface area contributed by atoms with Crippen LogP contribution in [0.5, 0.6) is 0 Å². The van der Waals surface area contributed by atoms with E-state index in [1.165, 1.54) is 19.3 Å². The van der Waals surface area contributed by atoms with Gasteiger partial charge in [-0.05, 0) is 38.6 Å². The predicted molar refractivity (Wildman–Crippen MR) is 73.0 cm³/mol. The van der Waals surface area contributed by atoms with Crippen molar-refractivity contribution in [1.82, 2.24) is 14.9 Å². The molecule has 0 fully saturated rings. The van der Waals surface area contributed by atoms with Gasteiger partial charge < -0.3 is 9.88 Å². The fourth-order valence-corrected chi connectivity index (χ4v) is 1.83. The molecule has 0 aliphatic rings. The normalized spacial score (nSPS) is 13.2. The lowest BCUT2D eigenvalue weighted by Crippen LogP contribution is -2.14. The highest BCUT2D eigenvalue weighted by molar-refractivity contribution is 4.97. The van der Waals surface area contributed by atoms with E-state index in [0.29, 0.717) is 6.04 Å². The van der Waals surface area contributed by atoms with Gasteiger partial charge in [0.25, 0.3) is 0 Å². The summed E-state index contributed by atoms with van der Waals surface area (Å²) in [5, 5.41) is 3.38. The maximum absolute atomic E-state index is 4.44. The molecule has 0 aromatic carbocycles. The van der Waals surface area contributed by atoms with E-state index >= 15 is 0 Å². The molecule has 0 spiro atoms. The minimum absolute atomic E-state index is 0.560. The fourth-order valence-electron chi connectivity index (χ4n) is 1.83. The summed E-state index contributed by atoms with van der Waals surface area (Å²) in [5.74, 6) is 0.784. The lowest BCUT2D eigenvalue weighted by molar-refractivity contribution is 0.439. The zero-order valence-electron chi connectivity index (χ0n) is 11.7. The van der Waals surface area contributed by atoms with E-state index in [4.69, 9.17) is 0 Å². The standard InChI is InChI=1S/C14H27N3/c1-5-8-15-9-14-10-17(11-16-14)13(4)7-6-12(2)3/h10-13,15H,5-9H2,1-4H3. The molecule has 1 aromatic rings. The van der Waals surface area contributed by atoms with Crippen LogP contribution < -0.4 is 5.32 Å². The lowest BCUT2D eigenvalue weighted by Gasteiger charge is -2.14. The number of rotatable bonds is 8. The summed E-state index contributed by atoms with van der Waals surface area (Å²) in [7, 11) is 0. The van der Waals surface area contributed by atoms with Crippen LogP contribution in [0.1, 0.15) is 58.7 Å². The van der Waals surface area contributed by atoms with Crippen LogP contribution in [0.3, 0.4) is 0 Å². The molecule has 0 radical (unpaired) electrons. The second kappa shape index (κ2) is 7.49.